The Bertz CT molecular complexity index is 113. The zero-order valence-corrected chi connectivity index (χ0v) is 8.14. The van der Waals surface area contributed by atoms with Crippen LogP contribution in [0.2, 0.25) is 0 Å². The SMILES string of the molecule is C#CCCCCCOCCCC. The molecule has 0 aliphatic rings. The summed E-state index contributed by atoms with van der Waals surface area (Å²) in [5, 5.41) is 0. The Labute approximate surface area is 76.5 Å². The minimum Gasteiger partial charge on any atom is -0.381 e. The van der Waals surface area contributed by atoms with E-state index in [1.165, 1.54) is 19.3 Å². The number of ether oxygens (including phenoxy) is 1. The third-order valence-electron chi connectivity index (χ3n) is 1.75. The summed E-state index contributed by atoms with van der Waals surface area (Å²) in [7, 11) is 0. The van der Waals surface area contributed by atoms with Crippen LogP contribution in [0.4, 0.5) is 0 Å². The van der Waals surface area contributed by atoms with Crippen LogP contribution in [0.3, 0.4) is 0 Å². The lowest BCUT2D eigenvalue weighted by Crippen LogP contribution is -1.96. The monoisotopic (exact) mass is 168 g/mol. The van der Waals surface area contributed by atoms with Crippen molar-refractivity contribution in [3.63, 3.8) is 0 Å². The van der Waals surface area contributed by atoms with Crippen molar-refractivity contribution in [1.82, 2.24) is 0 Å². The van der Waals surface area contributed by atoms with Crippen molar-refractivity contribution >= 4 is 0 Å². The molecule has 70 valence electrons. The predicted molar refractivity (Wildman–Crippen MR) is 53.0 cm³/mol. The minimum absolute atomic E-state index is 0.907. The summed E-state index contributed by atoms with van der Waals surface area (Å²) < 4.78 is 5.40. The first-order chi connectivity index (χ1) is 5.91. The van der Waals surface area contributed by atoms with E-state index in [9.17, 15) is 0 Å². The highest BCUT2D eigenvalue weighted by Crippen LogP contribution is 1.99. The lowest BCUT2D eigenvalue weighted by Gasteiger charge is -2.01. The van der Waals surface area contributed by atoms with Crippen LogP contribution in [0, 0.1) is 12.3 Å². The largest absolute Gasteiger partial charge is 0.381 e. The van der Waals surface area contributed by atoms with Crippen LogP contribution in [0.15, 0.2) is 0 Å². The van der Waals surface area contributed by atoms with E-state index >= 15 is 0 Å². The van der Waals surface area contributed by atoms with Crippen molar-refractivity contribution in [1.29, 1.82) is 0 Å². The highest BCUT2D eigenvalue weighted by Gasteiger charge is 1.88. The second-order valence-corrected chi connectivity index (χ2v) is 2.98. The van der Waals surface area contributed by atoms with Gasteiger partial charge in [-0.1, -0.05) is 19.8 Å². The first-order valence-electron chi connectivity index (χ1n) is 4.93. The van der Waals surface area contributed by atoms with Crippen LogP contribution in [0.5, 0.6) is 0 Å². The maximum Gasteiger partial charge on any atom is 0.0466 e. The van der Waals surface area contributed by atoms with Crippen molar-refractivity contribution in [2.45, 2.75) is 45.4 Å². The number of hydrogen-bond acceptors (Lipinski definition) is 1. The summed E-state index contributed by atoms with van der Waals surface area (Å²) in [5.41, 5.74) is 0. The van der Waals surface area contributed by atoms with Crippen LogP contribution in [-0.4, -0.2) is 13.2 Å². The Balaban J connectivity index is 2.78. The molecule has 0 N–H and O–H groups in total. The van der Waals surface area contributed by atoms with E-state index in [0.29, 0.717) is 0 Å². The molecule has 0 aromatic rings. The molecule has 0 aliphatic heterocycles. The van der Waals surface area contributed by atoms with Crippen molar-refractivity contribution in [3.8, 4) is 12.3 Å². The second-order valence-electron chi connectivity index (χ2n) is 2.98. The first-order valence-corrected chi connectivity index (χ1v) is 4.93. The van der Waals surface area contributed by atoms with E-state index in [-0.39, 0.29) is 0 Å². The molecule has 0 spiro atoms. The molecule has 0 aromatic heterocycles. The summed E-state index contributed by atoms with van der Waals surface area (Å²) in [5.74, 6) is 2.64. The molecule has 0 aliphatic carbocycles. The molecular formula is C11H20O. The van der Waals surface area contributed by atoms with Gasteiger partial charge in [0.1, 0.15) is 0 Å². The van der Waals surface area contributed by atoms with Gasteiger partial charge in [0.25, 0.3) is 0 Å². The normalized spacial score (nSPS) is 9.67. The standard InChI is InChI=1S/C11H20O/c1-3-5-7-8-9-11-12-10-6-4-2/h1H,4-11H2,2H3. The van der Waals surface area contributed by atoms with Gasteiger partial charge in [-0.05, 0) is 19.3 Å². The van der Waals surface area contributed by atoms with E-state index in [0.717, 1.165) is 32.5 Å². The fourth-order valence-corrected chi connectivity index (χ4v) is 0.956. The fraction of sp³-hybridized carbons (Fsp3) is 0.818. The van der Waals surface area contributed by atoms with Crippen molar-refractivity contribution < 1.29 is 4.74 Å². The van der Waals surface area contributed by atoms with E-state index < -0.39 is 0 Å². The lowest BCUT2D eigenvalue weighted by atomic mass is 10.2. The van der Waals surface area contributed by atoms with Gasteiger partial charge in [0.15, 0.2) is 0 Å². The topological polar surface area (TPSA) is 9.23 Å². The van der Waals surface area contributed by atoms with Gasteiger partial charge < -0.3 is 4.74 Å². The van der Waals surface area contributed by atoms with Gasteiger partial charge >= 0.3 is 0 Å². The predicted octanol–water partition coefficient (Wildman–Crippen LogP) is 3.00. The molecule has 0 saturated heterocycles. The fourth-order valence-electron chi connectivity index (χ4n) is 0.956. The molecule has 1 heteroatoms. The Kier molecular flexibility index (Phi) is 10.1. The Hall–Kier alpha value is -0.480. The number of unbranched alkanes of at least 4 members (excludes halogenated alkanes) is 4. The summed E-state index contributed by atoms with van der Waals surface area (Å²) in [6.45, 7) is 4.01. The molecule has 0 heterocycles. The maximum atomic E-state index is 5.40. The molecule has 0 amide bonds. The third kappa shape index (κ3) is 9.52. The van der Waals surface area contributed by atoms with Gasteiger partial charge in [-0.15, -0.1) is 12.3 Å². The molecule has 0 saturated carbocycles. The molecule has 0 aromatic carbocycles. The molecule has 0 bridgehead atoms. The summed E-state index contributed by atoms with van der Waals surface area (Å²) in [6, 6.07) is 0. The average molecular weight is 168 g/mol. The average Bonchev–Trinajstić information content (AvgIpc) is 2.10. The van der Waals surface area contributed by atoms with Gasteiger partial charge in [-0.2, -0.15) is 0 Å². The Morgan fingerprint density at radius 3 is 2.50 bits per heavy atom. The quantitative estimate of drug-likeness (QED) is 0.400. The summed E-state index contributed by atoms with van der Waals surface area (Å²) in [4.78, 5) is 0. The highest BCUT2D eigenvalue weighted by molar-refractivity contribution is 4.82. The maximum absolute atomic E-state index is 5.40. The minimum atomic E-state index is 0.907. The number of rotatable bonds is 8. The third-order valence-corrected chi connectivity index (χ3v) is 1.75. The van der Waals surface area contributed by atoms with Gasteiger partial charge in [0, 0.05) is 19.6 Å². The van der Waals surface area contributed by atoms with Gasteiger partial charge in [0.2, 0.25) is 0 Å². The number of hydrogen-bond donors (Lipinski definition) is 0. The highest BCUT2D eigenvalue weighted by atomic mass is 16.5. The van der Waals surface area contributed by atoms with E-state index in [1.54, 1.807) is 0 Å². The molecule has 0 fully saturated rings. The molecule has 0 rings (SSSR count). The lowest BCUT2D eigenvalue weighted by molar-refractivity contribution is 0.127. The smallest absolute Gasteiger partial charge is 0.0466 e. The van der Waals surface area contributed by atoms with Crippen molar-refractivity contribution in [2.75, 3.05) is 13.2 Å². The van der Waals surface area contributed by atoms with Crippen LogP contribution in [0.25, 0.3) is 0 Å². The molecule has 1 nitrogen and oxygen atoms in total. The molecule has 0 radical (unpaired) electrons. The summed E-state index contributed by atoms with van der Waals surface area (Å²) >= 11 is 0. The molecule has 12 heavy (non-hydrogen) atoms. The van der Waals surface area contributed by atoms with E-state index in [1.807, 2.05) is 0 Å². The summed E-state index contributed by atoms with van der Waals surface area (Å²) in [6.07, 6.45) is 12.0. The second kappa shape index (κ2) is 10.5. The molecule has 0 unspecified atom stereocenters. The molecule has 0 atom stereocenters. The number of terminal acetylenes is 1. The van der Waals surface area contributed by atoms with Crippen LogP contribution >= 0.6 is 0 Å². The van der Waals surface area contributed by atoms with Crippen LogP contribution in [-0.2, 0) is 4.74 Å². The van der Waals surface area contributed by atoms with Gasteiger partial charge in [-0.25, -0.2) is 0 Å². The van der Waals surface area contributed by atoms with E-state index in [2.05, 4.69) is 12.8 Å². The zero-order chi connectivity index (χ0) is 9.07. The Morgan fingerprint density at radius 2 is 1.83 bits per heavy atom. The van der Waals surface area contributed by atoms with E-state index in [4.69, 9.17) is 11.2 Å². The Morgan fingerprint density at radius 1 is 1.08 bits per heavy atom. The van der Waals surface area contributed by atoms with Crippen LogP contribution < -0.4 is 0 Å². The van der Waals surface area contributed by atoms with Crippen LogP contribution in [0.1, 0.15) is 45.4 Å². The van der Waals surface area contributed by atoms with Gasteiger partial charge in [0.05, 0.1) is 0 Å². The zero-order valence-electron chi connectivity index (χ0n) is 8.14. The van der Waals surface area contributed by atoms with Crippen molar-refractivity contribution in [2.24, 2.45) is 0 Å². The first kappa shape index (κ1) is 11.5. The van der Waals surface area contributed by atoms with Crippen molar-refractivity contribution in [3.05, 3.63) is 0 Å². The molecular weight excluding hydrogens is 148 g/mol. The van der Waals surface area contributed by atoms with Gasteiger partial charge in [-0.3, -0.25) is 0 Å².